The quantitative estimate of drug-likeness (QED) is 0.697. The third kappa shape index (κ3) is 3.58. The van der Waals surface area contributed by atoms with Gasteiger partial charge in [0.15, 0.2) is 28.8 Å². The minimum absolute atomic E-state index is 0.0209. The molecule has 0 saturated carbocycles. The molecule has 0 bridgehead atoms. The van der Waals surface area contributed by atoms with Gasteiger partial charge in [-0.1, -0.05) is 12.1 Å². The highest BCUT2D eigenvalue weighted by Gasteiger charge is 2.35. The van der Waals surface area contributed by atoms with Crippen LogP contribution in [0.2, 0.25) is 0 Å². The molecular formula is C22H18N4O5S. The number of hydrazone groups is 1. The SMILES string of the molecule is COc1ccc(CC2=NN3C(=N)/C(=C\c4ccc5c(c4)OCO5)C(=O)N=C3S2)cc1OC. The highest BCUT2D eigenvalue weighted by molar-refractivity contribution is 8.26. The van der Waals surface area contributed by atoms with Crippen molar-refractivity contribution in [2.24, 2.45) is 10.1 Å². The summed E-state index contributed by atoms with van der Waals surface area (Å²) in [6.07, 6.45) is 2.11. The van der Waals surface area contributed by atoms with Crippen LogP contribution in [-0.4, -0.2) is 48.0 Å². The minimum Gasteiger partial charge on any atom is -0.493 e. The molecule has 3 aliphatic heterocycles. The fourth-order valence-corrected chi connectivity index (χ4v) is 4.36. The molecule has 32 heavy (non-hydrogen) atoms. The molecule has 0 atom stereocenters. The number of aliphatic imine (C=N–C) groups is 1. The van der Waals surface area contributed by atoms with E-state index in [9.17, 15) is 4.79 Å². The Morgan fingerprint density at radius 3 is 2.75 bits per heavy atom. The maximum atomic E-state index is 12.6. The molecule has 1 N–H and O–H groups in total. The standard InChI is InChI=1S/C22H18N4O5S/c1-28-15-5-3-13(8-17(15)29-2)10-19-25-26-20(23)14(21(27)24-22(26)32-19)7-12-4-6-16-18(9-12)31-11-30-16/h3-9,23H,10-11H2,1-2H3/b14-7+,23-20?. The van der Waals surface area contributed by atoms with Crippen molar-refractivity contribution in [3.05, 3.63) is 53.1 Å². The van der Waals surface area contributed by atoms with Gasteiger partial charge in [0.1, 0.15) is 5.04 Å². The summed E-state index contributed by atoms with van der Waals surface area (Å²) < 4.78 is 21.3. The number of amides is 1. The highest BCUT2D eigenvalue weighted by atomic mass is 32.2. The number of thioether (sulfide) groups is 1. The van der Waals surface area contributed by atoms with Crippen molar-refractivity contribution in [2.45, 2.75) is 6.42 Å². The molecule has 2 aromatic rings. The van der Waals surface area contributed by atoms with Gasteiger partial charge in [-0.2, -0.15) is 15.1 Å². The van der Waals surface area contributed by atoms with Gasteiger partial charge in [0.25, 0.3) is 5.91 Å². The number of rotatable bonds is 5. The summed E-state index contributed by atoms with van der Waals surface area (Å²) in [6.45, 7) is 0.167. The van der Waals surface area contributed by atoms with E-state index in [-0.39, 0.29) is 18.2 Å². The summed E-state index contributed by atoms with van der Waals surface area (Å²) in [7, 11) is 3.17. The van der Waals surface area contributed by atoms with Gasteiger partial charge < -0.3 is 18.9 Å². The maximum Gasteiger partial charge on any atom is 0.283 e. The van der Waals surface area contributed by atoms with E-state index in [4.69, 9.17) is 24.4 Å². The third-order valence-corrected chi connectivity index (χ3v) is 5.92. The van der Waals surface area contributed by atoms with Gasteiger partial charge in [-0.05, 0) is 53.2 Å². The van der Waals surface area contributed by atoms with Crippen LogP contribution in [0.25, 0.3) is 6.08 Å². The summed E-state index contributed by atoms with van der Waals surface area (Å²) in [4.78, 5) is 16.8. The first kappa shape index (κ1) is 20.1. The lowest BCUT2D eigenvalue weighted by molar-refractivity contribution is -0.114. The van der Waals surface area contributed by atoms with Crippen LogP contribution in [0.5, 0.6) is 23.0 Å². The van der Waals surface area contributed by atoms with Crippen molar-refractivity contribution in [1.82, 2.24) is 5.01 Å². The third-order valence-electron chi connectivity index (χ3n) is 5.01. The highest BCUT2D eigenvalue weighted by Crippen LogP contribution is 2.35. The molecule has 162 valence electrons. The van der Waals surface area contributed by atoms with Crippen molar-refractivity contribution in [3.8, 4) is 23.0 Å². The van der Waals surface area contributed by atoms with E-state index in [2.05, 4.69) is 10.1 Å². The van der Waals surface area contributed by atoms with Gasteiger partial charge in [-0.25, -0.2) is 0 Å². The molecule has 9 nitrogen and oxygen atoms in total. The molecule has 0 fully saturated rings. The zero-order valence-corrected chi connectivity index (χ0v) is 18.1. The maximum absolute atomic E-state index is 12.6. The van der Waals surface area contributed by atoms with E-state index >= 15 is 0 Å². The Balaban J connectivity index is 1.39. The van der Waals surface area contributed by atoms with Gasteiger partial charge in [0.05, 0.1) is 19.8 Å². The van der Waals surface area contributed by atoms with Crippen LogP contribution in [-0.2, 0) is 11.2 Å². The predicted molar refractivity (Wildman–Crippen MR) is 121 cm³/mol. The van der Waals surface area contributed by atoms with Gasteiger partial charge in [-0.3, -0.25) is 10.2 Å². The number of nitrogens with zero attached hydrogens (tertiary/aromatic N) is 3. The molecule has 10 heteroatoms. The molecule has 5 rings (SSSR count). The Morgan fingerprint density at radius 2 is 1.94 bits per heavy atom. The number of nitrogens with one attached hydrogen (secondary N) is 1. The average Bonchev–Trinajstić information content (AvgIpc) is 3.42. The van der Waals surface area contributed by atoms with Crippen LogP contribution >= 0.6 is 11.8 Å². The second kappa shape index (κ2) is 8.04. The lowest BCUT2D eigenvalue weighted by Gasteiger charge is -2.20. The Hall–Kier alpha value is -3.79. The molecule has 3 heterocycles. The van der Waals surface area contributed by atoms with E-state index < -0.39 is 5.91 Å². The number of amidine groups is 2. The van der Waals surface area contributed by atoms with Gasteiger partial charge >= 0.3 is 0 Å². The lowest BCUT2D eigenvalue weighted by atomic mass is 10.1. The van der Waals surface area contributed by atoms with Crippen molar-refractivity contribution in [2.75, 3.05) is 21.0 Å². The van der Waals surface area contributed by atoms with Crippen LogP contribution in [0, 0.1) is 5.41 Å². The van der Waals surface area contributed by atoms with Crippen LogP contribution in [0.3, 0.4) is 0 Å². The summed E-state index contributed by atoms with van der Waals surface area (Å²) in [5, 5.41) is 15.5. The predicted octanol–water partition coefficient (Wildman–Crippen LogP) is 3.29. The monoisotopic (exact) mass is 450 g/mol. The number of hydrogen-bond donors (Lipinski definition) is 1. The second-order valence-corrected chi connectivity index (χ2v) is 8.03. The van der Waals surface area contributed by atoms with Crippen molar-refractivity contribution in [3.63, 3.8) is 0 Å². The Morgan fingerprint density at radius 1 is 1.12 bits per heavy atom. The molecule has 0 saturated heterocycles. The molecule has 0 unspecified atom stereocenters. The molecule has 0 radical (unpaired) electrons. The lowest BCUT2D eigenvalue weighted by Crippen LogP contribution is -2.35. The molecule has 3 aliphatic rings. The number of fused-ring (bicyclic) bond motifs is 2. The summed E-state index contributed by atoms with van der Waals surface area (Å²) in [5.41, 5.74) is 1.83. The first-order valence-corrected chi connectivity index (χ1v) is 10.5. The zero-order valence-electron chi connectivity index (χ0n) is 17.2. The topological polar surface area (TPSA) is 106 Å². The van der Waals surface area contributed by atoms with Gasteiger partial charge in [-0.15, -0.1) is 0 Å². The summed E-state index contributed by atoms with van der Waals surface area (Å²) in [6, 6.07) is 11.0. The van der Waals surface area contributed by atoms with E-state index in [1.54, 1.807) is 38.5 Å². The number of methoxy groups -OCH3 is 2. The van der Waals surface area contributed by atoms with Gasteiger partial charge in [0, 0.05) is 6.42 Å². The van der Waals surface area contributed by atoms with Gasteiger partial charge in [0.2, 0.25) is 12.0 Å². The fraction of sp³-hybridized carbons (Fsp3) is 0.182. The largest absolute Gasteiger partial charge is 0.493 e. The van der Waals surface area contributed by atoms with Crippen LogP contribution in [0.4, 0.5) is 0 Å². The second-order valence-electron chi connectivity index (χ2n) is 6.99. The minimum atomic E-state index is -0.478. The van der Waals surface area contributed by atoms with Crippen molar-refractivity contribution in [1.29, 1.82) is 5.41 Å². The van der Waals surface area contributed by atoms with E-state index in [0.29, 0.717) is 40.1 Å². The zero-order chi connectivity index (χ0) is 22.2. The van der Waals surface area contributed by atoms with Crippen molar-refractivity contribution >= 4 is 39.8 Å². The molecule has 1 amide bonds. The molecule has 0 aromatic heterocycles. The smallest absolute Gasteiger partial charge is 0.283 e. The first-order chi connectivity index (χ1) is 15.6. The van der Waals surface area contributed by atoms with E-state index in [1.165, 1.54) is 16.8 Å². The molecule has 0 aliphatic carbocycles. The van der Waals surface area contributed by atoms with E-state index in [0.717, 1.165) is 10.6 Å². The fourth-order valence-electron chi connectivity index (χ4n) is 3.44. The van der Waals surface area contributed by atoms with E-state index in [1.807, 2.05) is 18.2 Å². The van der Waals surface area contributed by atoms with Crippen LogP contribution < -0.4 is 18.9 Å². The van der Waals surface area contributed by atoms with Crippen LogP contribution in [0.15, 0.2) is 52.1 Å². The number of carbonyl (C=O) groups is 1. The summed E-state index contributed by atoms with van der Waals surface area (Å²) in [5.74, 6) is 2.02. The number of ether oxygens (including phenoxy) is 4. The number of hydrogen-bond acceptors (Lipinski definition) is 8. The number of carbonyl (C=O) groups excluding carboxylic acids is 1. The summed E-state index contributed by atoms with van der Waals surface area (Å²) >= 11 is 1.27. The number of benzene rings is 2. The Kier molecular flexibility index (Phi) is 5.06. The Labute approximate surface area is 187 Å². The molecule has 0 spiro atoms. The first-order valence-electron chi connectivity index (χ1n) is 9.65. The van der Waals surface area contributed by atoms with Crippen LogP contribution in [0.1, 0.15) is 11.1 Å². The Bertz CT molecular complexity index is 1240. The van der Waals surface area contributed by atoms with Crippen molar-refractivity contribution < 1.29 is 23.7 Å². The average molecular weight is 450 g/mol. The normalized spacial score (nSPS) is 17.9. The molecule has 2 aromatic carbocycles. The molecular weight excluding hydrogens is 432 g/mol.